The van der Waals surface area contributed by atoms with Gasteiger partial charge < -0.3 is 4.74 Å². The second-order valence-electron chi connectivity index (χ2n) is 3.39. The number of benzene rings is 1. The van der Waals surface area contributed by atoms with Crippen LogP contribution in [-0.2, 0) is 0 Å². The minimum Gasteiger partial charge on any atom is -0.406 e. The van der Waals surface area contributed by atoms with E-state index in [-0.39, 0.29) is 22.8 Å². The Kier molecular flexibility index (Phi) is 2.69. The SMILES string of the molecule is O=C1CC(Br)c2ccc(OC(F)(F)F)cc21. The Labute approximate surface area is 97.5 Å². The number of carbonyl (C=O) groups excluding carboxylic acids is 1. The Bertz CT molecular complexity index is 442. The highest BCUT2D eigenvalue weighted by Gasteiger charge is 2.33. The molecule has 0 N–H and O–H groups in total. The third-order valence-corrected chi connectivity index (χ3v) is 3.08. The van der Waals surface area contributed by atoms with Crippen LogP contribution < -0.4 is 4.74 Å². The van der Waals surface area contributed by atoms with E-state index >= 15 is 0 Å². The van der Waals surface area contributed by atoms with Crippen molar-refractivity contribution in [2.45, 2.75) is 17.6 Å². The van der Waals surface area contributed by atoms with Crippen molar-refractivity contribution in [2.75, 3.05) is 0 Å². The van der Waals surface area contributed by atoms with E-state index in [1.807, 2.05) is 0 Å². The average Bonchev–Trinajstić information content (AvgIpc) is 2.40. The lowest BCUT2D eigenvalue weighted by atomic mass is 10.1. The summed E-state index contributed by atoms with van der Waals surface area (Å²) in [6.07, 6.45) is -4.46. The fourth-order valence-electron chi connectivity index (χ4n) is 1.63. The number of rotatable bonds is 1. The van der Waals surface area contributed by atoms with Crippen molar-refractivity contribution in [3.8, 4) is 5.75 Å². The molecular weight excluding hydrogens is 289 g/mol. The van der Waals surface area contributed by atoms with Gasteiger partial charge in [0, 0.05) is 16.8 Å². The lowest BCUT2D eigenvalue weighted by Crippen LogP contribution is -2.17. The first-order chi connectivity index (χ1) is 7.37. The van der Waals surface area contributed by atoms with Gasteiger partial charge in [0.1, 0.15) is 5.75 Å². The predicted octanol–water partition coefficient (Wildman–Crippen LogP) is 3.61. The summed E-state index contributed by atoms with van der Waals surface area (Å²) < 4.78 is 39.6. The van der Waals surface area contributed by atoms with Crippen LogP contribution in [-0.4, -0.2) is 12.1 Å². The Morgan fingerprint density at radius 1 is 1.38 bits per heavy atom. The maximum absolute atomic E-state index is 12.0. The monoisotopic (exact) mass is 294 g/mol. The number of Topliss-reactive ketones (excluding diaryl/α,β-unsaturated/α-hetero) is 1. The van der Waals surface area contributed by atoms with Crippen LogP contribution in [0, 0.1) is 0 Å². The number of halogens is 4. The molecule has 0 saturated heterocycles. The van der Waals surface area contributed by atoms with Crippen molar-refractivity contribution in [3.63, 3.8) is 0 Å². The van der Waals surface area contributed by atoms with Crippen molar-refractivity contribution in [2.24, 2.45) is 0 Å². The number of hydrogen-bond donors (Lipinski definition) is 0. The first-order valence-electron chi connectivity index (χ1n) is 4.44. The molecule has 2 rings (SSSR count). The molecule has 0 amide bonds. The van der Waals surface area contributed by atoms with Gasteiger partial charge in [-0.25, -0.2) is 0 Å². The molecule has 86 valence electrons. The zero-order valence-corrected chi connectivity index (χ0v) is 9.43. The van der Waals surface area contributed by atoms with Crippen molar-refractivity contribution in [3.05, 3.63) is 29.3 Å². The Morgan fingerprint density at radius 2 is 2.06 bits per heavy atom. The summed E-state index contributed by atoms with van der Waals surface area (Å²) in [6, 6.07) is 3.81. The fourth-order valence-corrected chi connectivity index (χ4v) is 2.32. The van der Waals surface area contributed by atoms with Gasteiger partial charge in [-0.2, -0.15) is 0 Å². The van der Waals surface area contributed by atoms with Crippen LogP contribution in [0.2, 0.25) is 0 Å². The molecule has 1 atom stereocenters. The molecule has 0 heterocycles. The molecule has 0 aliphatic heterocycles. The topological polar surface area (TPSA) is 26.3 Å². The van der Waals surface area contributed by atoms with Gasteiger partial charge >= 0.3 is 6.36 Å². The van der Waals surface area contributed by atoms with E-state index in [0.29, 0.717) is 11.1 Å². The van der Waals surface area contributed by atoms with Gasteiger partial charge in [-0.05, 0) is 17.7 Å². The van der Waals surface area contributed by atoms with Crippen LogP contribution in [0.1, 0.15) is 27.2 Å². The van der Waals surface area contributed by atoms with Crippen molar-refractivity contribution in [1.82, 2.24) is 0 Å². The van der Waals surface area contributed by atoms with Crippen LogP contribution in [0.5, 0.6) is 5.75 Å². The Hall–Kier alpha value is -1.04. The predicted molar refractivity (Wildman–Crippen MR) is 53.7 cm³/mol. The van der Waals surface area contributed by atoms with Crippen LogP contribution >= 0.6 is 15.9 Å². The molecule has 1 aromatic carbocycles. The number of hydrogen-bond acceptors (Lipinski definition) is 2. The molecule has 0 fully saturated rings. The molecule has 1 unspecified atom stereocenters. The molecule has 1 aromatic rings. The highest BCUT2D eigenvalue weighted by molar-refractivity contribution is 9.09. The molecule has 16 heavy (non-hydrogen) atoms. The zero-order chi connectivity index (χ0) is 11.9. The number of fused-ring (bicyclic) bond motifs is 1. The lowest BCUT2D eigenvalue weighted by molar-refractivity contribution is -0.274. The fraction of sp³-hybridized carbons (Fsp3) is 0.300. The molecule has 0 aromatic heterocycles. The normalized spacial score (nSPS) is 19.8. The molecular formula is C10H6BrF3O2. The van der Waals surface area contributed by atoms with Crippen LogP contribution in [0.25, 0.3) is 0 Å². The van der Waals surface area contributed by atoms with Gasteiger partial charge in [-0.15, -0.1) is 13.2 Å². The smallest absolute Gasteiger partial charge is 0.406 e. The number of alkyl halides is 4. The summed E-state index contributed by atoms with van der Waals surface area (Å²) >= 11 is 3.28. The summed E-state index contributed by atoms with van der Waals surface area (Å²) in [7, 11) is 0. The Morgan fingerprint density at radius 3 is 2.69 bits per heavy atom. The minimum atomic E-state index is -4.73. The molecule has 1 aliphatic carbocycles. The van der Waals surface area contributed by atoms with E-state index in [1.165, 1.54) is 12.1 Å². The second-order valence-corrected chi connectivity index (χ2v) is 4.50. The van der Waals surface area contributed by atoms with E-state index in [4.69, 9.17) is 0 Å². The molecule has 0 radical (unpaired) electrons. The van der Waals surface area contributed by atoms with Crippen molar-refractivity contribution in [1.29, 1.82) is 0 Å². The maximum Gasteiger partial charge on any atom is 0.573 e. The number of ether oxygens (including phenoxy) is 1. The standard InChI is InChI=1S/C10H6BrF3O2/c11-8-4-9(15)7-3-5(1-2-6(7)8)16-10(12,13)14/h1-3,8H,4H2. The van der Waals surface area contributed by atoms with Gasteiger partial charge in [-0.3, -0.25) is 4.79 Å². The highest BCUT2D eigenvalue weighted by Crippen LogP contribution is 2.39. The van der Waals surface area contributed by atoms with Gasteiger partial charge in [0.25, 0.3) is 0 Å². The maximum atomic E-state index is 12.0. The second kappa shape index (κ2) is 3.76. The summed E-state index contributed by atoms with van der Waals surface area (Å²) in [4.78, 5) is 11.3. The molecule has 0 bridgehead atoms. The molecule has 1 aliphatic rings. The first-order valence-corrected chi connectivity index (χ1v) is 5.35. The van der Waals surface area contributed by atoms with E-state index in [0.717, 1.165) is 6.07 Å². The lowest BCUT2D eigenvalue weighted by Gasteiger charge is -2.10. The van der Waals surface area contributed by atoms with Crippen LogP contribution in [0.3, 0.4) is 0 Å². The Balaban J connectivity index is 2.33. The summed E-state index contributed by atoms with van der Waals surface area (Å²) in [5, 5.41) is 0. The van der Waals surface area contributed by atoms with Crippen molar-refractivity contribution >= 4 is 21.7 Å². The molecule has 2 nitrogen and oxygen atoms in total. The third kappa shape index (κ3) is 2.21. The van der Waals surface area contributed by atoms with E-state index in [1.54, 1.807) is 0 Å². The van der Waals surface area contributed by atoms with Gasteiger partial charge in [0.2, 0.25) is 0 Å². The van der Waals surface area contributed by atoms with E-state index in [2.05, 4.69) is 20.7 Å². The van der Waals surface area contributed by atoms with E-state index in [9.17, 15) is 18.0 Å². The van der Waals surface area contributed by atoms with E-state index < -0.39 is 6.36 Å². The van der Waals surface area contributed by atoms with Crippen LogP contribution in [0.15, 0.2) is 18.2 Å². The minimum absolute atomic E-state index is 0.116. The summed E-state index contributed by atoms with van der Waals surface area (Å²) in [5.41, 5.74) is 1.00. The molecule has 6 heteroatoms. The number of carbonyl (C=O) groups is 1. The molecule has 0 spiro atoms. The number of ketones is 1. The molecule has 0 saturated carbocycles. The van der Waals surface area contributed by atoms with Gasteiger partial charge in [0.05, 0.1) is 0 Å². The van der Waals surface area contributed by atoms with Gasteiger partial charge in [0.15, 0.2) is 5.78 Å². The first kappa shape index (κ1) is 11.4. The quantitative estimate of drug-likeness (QED) is 0.740. The summed E-state index contributed by atoms with van der Waals surface area (Å²) in [6.45, 7) is 0. The summed E-state index contributed by atoms with van der Waals surface area (Å²) in [5.74, 6) is -0.536. The highest BCUT2D eigenvalue weighted by atomic mass is 79.9. The van der Waals surface area contributed by atoms with Gasteiger partial charge in [-0.1, -0.05) is 22.0 Å². The largest absolute Gasteiger partial charge is 0.573 e. The van der Waals surface area contributed by atoms with Crippen molar-refractivity contribution < 1.29 is 22.7 Å². The van der Waals surface area contributed by atoms with Crippen LogP contribution in [0.4, 0.5) is 13.2 Å². The average molecular weight is 295 g/mol. The third-order valence-electron chi connectivity index (χ3n) is 2.26. The zero-order valence-electron chi connectivity index (χ0n) is 7.84.